The average Bonchev–Trinajstić information content (AvgIpc) is 3.05. The fraction of sp³-hybridized carbons (Fsp3) is 0.286. The third kappa shape index (κ3) is 3.75. The summed E-state index contributed by atoms with van der Waals surface area (Å²) < 4.78 is 2.09. The summed E-state index contributed by atoms with van der Waals surface area (Å²) >= 11 is 0.769. The van der Waals surface area contributed by atoms with E-state index in [0.717, 1.165) is 39.3 Å². The van der Waals surface area contributed by atoms with Gasteiger partial charge in [-0.25, -0.2) is 0 Å². The van der Waals surface area contributed by atoms with E-state index in [0.29, 0.717) is 5.92 Å². The number of benzene rings is 1. The first-order chi connectivity index (χ1) is 13.2. The number of aryl methyl sites for hydroxylation is 1. The number of aliphatic carboxylic acids is 1. The molecule has 0 aliphatic carbocycles. The Morgan fingerprint density at radius 2 is 1.82 bits per heavy atom. The first kappa shape index (κ1) is 19.9. The van der Waals surface area contributed by atoms with Crippen LogP contribution in [-0.4, -0.2) is 38.2 Å². The lowest BCUT2D eigenvalue weighted by molar-refractivity contribution is -0.140. The van der Waals surface area contributed by atoms with Gasteiger partial charge in [0.1, 0.15) is 6.54 Å². The first-order valence-electron chi connectivity index (χ1n) is 8.95. The van der Waals surface area contributed by atoms with E-state index in [1.54, 1.807) is 6.08 Å². The van der Waals surface area contributed by atoms with Gasteiger partial charge in [-0.05, 0) is 66.9 Å². The molecule has 2 aromatic rings. The van der Waals surface area contributed by atoms with Gasteiger partial charge in [0, 0.05) is 17.1 Å². The molecule has 1 N–H and O–H groups in total. The molecule has 1 aromatic heterocycles. The molecule has 0 atom stereocenters. The van der Waals surface area contributed by atoms with Crippen LogP contribution in [0.3, 0.4) is 0 Å². The van der Waals surface area contributed by atoms with Crippen LogP contribution in [0, 0.1) is 13.8 Å². The maximum atomic E-state index is 12.4. The van der Waals surface area contributed by atoms with E-state index in [2.05, 4.69) is 42.7 Å². The van der Waals surface area contributed by atoms with Crippen LogP contribution in [0.1, 0.15) is 42.3 Å². The summed E-state index contributed by atoms with van der Waals surface area (Å²) in [5.41, 5.74) is 5.06. The number of thioether (sulfide) groups is 1. The number of carbonyl (C=O) groups is 3. The second-order valence-corrected chi connectivity index (χ2v) is 8.06. The fourth-order valence-corrected chi connectivity index (χ4v) is 4.08. The Bertz CT molecular complexity index is 987. The molecule has 146 valence electrons. The summed E-state index contributed by atoms with van der Waals surface area (Å²) in [4.78, 5) is 36.2. The molecule has 7 heteroatoms. The lowest BCUT2D eigenvalue weighted by Crippen LogP contribution is -2.33. The number of carboxylic acid groups (broad SMARTS) is 1. The van der Waals surface area contributed by atoms with Crippen LogP contribution >= 0.6 is 11.8 Å². The second kappa shape index (κ2) is 7.67. The van der Waals surface area contributed by atoms with Gasteiger partial charge in [0.15, 0.2) is 0 Å². The Hall–Kier alpha value is -2.80. The normalized spacial score (nSPS) is 15.9. The van der Waals surface area contributed by atoms with E-state index in [4.69, 9.17) is 5.11 Å². The minimum absolute atomic E-state index is 0.238. The van der Waals surface area contributed by atoms with Gasteiger partial charge < -0.3 is 9.67 Å². The average molecular weight is 398 g/mol. The topological polar surface area (TPSA) is 79.6 Å². The van der Waals surface area contributed by atoms with Crippen LogP contribution in [-0.2, 0) is 9.59 Å². The highest BCUT2D eigenvalue weighted by Crippen LogP contribution is 2.33. The maximum Gasteiger partial charge on any atom is 0.323 e. The van der Waals surface area contributed by atoms with E-state index < -0.39 is 23.7 Å². The van der Waals surface area contributed by atoms with Gasteiger partial charge >= 0.3 is 5.97 Å². The van der Waals surface area contributed by atoms with Crippen LogP contribution in [0.4, 0.5) is 4.79 Å². The Morgan fingerprint density at radius 3 is 2.39 bits per heavy atom. The molecule has 2 heterocycles. The molecule has 2 amide bonds. The number of hydrogen-bond acceptors (Lipinski definition) is 4. The summed E-state index contributed by atoms with van der Waals surface area (Å²) in [6.07, 6.45) is 1.66. The number of aromatic nitrogens is 1. The summed E-state index contributed by atoms with van der Waals surface area (Å²) in [5, 5.41) is 8.31. The predicted octanol–water partition coefficient (Wildman–Crippen LogP) is 4.34. The molecular weight excluding hydrogens is 376 g/mol. The van der Waals surface area contributed by atoms with Crippen molar-refractivity contribution in [2.45, 2.75) is 33.6 Å². The summed E-state index contributed by atoms with van der Waals surface area (Å²) in [6.45, 7) is 7.62. The smallest absolute Gasteiger partial charge is 0.323 e. The quantitative estimate of drug-likeness (QED) is 0.758. The monoisotopic (exact) mass is 398 g/mol. The zero-order chi connectivity index (χ0) is 20.6. The summed E-state index contributed by atoms with van der Waals surface area (Å²) in [5.74, 6) is -1.33. The second-order valence-electron chi connectivity index (χ2n) is 7.07. The van der Waals surface area contributed by atoms with Crippen molar-refractivity contribution in [1.29, 1.82) is 0 Å². The molecule has 1 aliphatic heterocycles. The Balaban J connectivity index is 1.94. The number of amides is 2. The minimum atomic E-state index is -1.22. The molecule has 28 heavy (non-hydrogen) atoms. The van der Waals surface area contributed by atoms with Crippen LogP contribution in [0.2, 0.25) is 0 Å². The standard InChI is InChI=1S/C21H22N2O4S/c1-12(2)15-5-7-17(8-6-15)23-13(3)9-16(14(23)4)10-18-20(26)22(11-19(24)25)21(27)28-18/h5-10,12H,11H2,1-4H3,(H,24,25)/b18-10+. The molecule has 0 radical (unpaired) electrons. The number of imide groups is 1. The Kier molecular flexibility index (Phi) is 5.47. The Morgan fingerprint density at radius 1 is 1.18 bits per heavy atom. The number of rotatable bonds is 5. The summed E-state index contributed by atoms with van der Waals surface area (Å²) in [7, 11) is 0. The van der Waals surface area contributed by atoms with Crippen LogP contribution in [0.15, 0.2) is 35.2 Å². The van der Waals surface area contributed by atoms with Crippen molar-refractivity contribution in [3.8, 4) is 5.69 Å². The van der Waals surface area contributed by atoms with E-state index in [1.807, 2.05) is 19.9 Å². The van der Waals surface area contributed by atoms with Gasteiger partial charge in [0.05, 0.1) is 4.91 Å². The molecule has 0 spiro atoms. The highest BCUT2D eigenvalue weighted by molar-refractivity contribution is 8.18. The van der Waals surface area contributed by atoms with Gasteiger partial charge in [0.25, 0.3) is 11.1 Å². The zero-order valence-electron chi connectivity index (χ0n) is 16.2. The number of hydrogen-bond donors (Lipinski definition) is 1. The SMILES string of the molecule is Cc1cc(/C=C2/SC(=O)N(CC(=O)O)C2=O)c(C)n1-c1ccc(C(C)C)cc1. The number of nitrogens with zero attached hydrogens (tertiary/aromatic N) is 2. The fourth-order valence-electron chi connectivity index (χ4n) is 3.25. The molecule has 3 rings (SSSR count). The van der Waals surface area contributed by atoms with Gasteiger partial charge in [0.2, 0.25) is 0 Å². The first-order valence-corrected chi connectivity index (χ1v) is 9.77. The van der Waals surface area contributed by atoms with Crippen molar-refractivity contribution in [3.05, 3.63) is 57.8 Å². The summed E-state index contributed by atoms with van der Waals surface area (Å²) in [6, 6.07) is 10.3. The van der Waals surface area contributed by atoms with Gasteiger partial charge in [-0.1, -0.05) is 26.0 Å². The number of carboxylic acids is 1. The molecule has 6 nitrogen and oxygen atoms in total. The molecule has 0 unspecified atom stereocenters. The third-order valence-electron chi connectivity index (χ3n) is 4.74. The van der Waals surface area contributed by atoms with Crippen molar-refractivity contribution >= 4 is 35.0 Å². The van der Waals surface area contributed by atoms with Crippen LogP contribution in [0.25, 0.3) is 11.8 Å². The van der Waals surface area contributed by atoms with E-state index >= 15 is 0 Å². The lowest BCUT2D eigenvalue weighted by Gasteiger charge is -2.12. The van der Waals surface area contributed by atoms with Crippen LogP contribution < -0.4 is 0 Å². The molecule has 0 saturated carbocycles. The van der Waals surface area contributed by atoms with Crippen molar-refractivity contribution in [2.75, 3.05) is 6.54 Å². The molecule has 1 saturated heterocycles. The van der Waals surface area contributed by atoms with Gasteiger partial charge in [-0.3, -0.25) is 19.3 Å². The molecule has 0 bridgehead atoms. The third-order valence-corrected chi connectivity index (χ3v) is 5.65. The van der Waals surface area contributed by atoms with Crippen molar-refractivity contribution in [1.82, 2.24) is 9.47 Å². The highest BCUT2D eigenvalue weighted by Gasteiger charge is 2.36. The van der Waals surface area contributed by atoms with Gasteiger partial charge in [-0.2, -0.15) is 0 Å². The number of carbonyl (C=O) groups excluding carboxylic acids is 2. The molecule has 1 aliphatic rings. The Labute approximate surface area is 167 Å². The van der Waals surface area contributed by atoms with Crippen molar-refractivity contribution in [3.63, 3.8) is 0 Å². The maximum absolute atomic E-state index is 12.4. The van der Waals surface area contributed by atoms with E-state index in [-0.39, 0.29) is 4.91 Å². The molecule has 1 aromatic carbocycles. The minimum Gasteiger partial charge on any atom is -0.480 e. The van der Waals surface area contributed by atoms with E-state index in [1.165, 1.54) is 5.56 Å². The van der Waals surface area contributed by atoms with Crippen molar-refractivity contribution < 1.29 is 19.5 Å². The lowest BCUT2D eigenvalue weighted by atomic mass is 10.0. The predicted molar refractivity (Wildman–Crippen MR) is 110 cm³/mol. The largest absolute Gasteiger partial charge is 0.480 e. The molecule has 1 fully saturated rings. The zero-order valence-corrected chi connectivity index (χ0v) is 17.0. The van der Waals surface area contributed by atoms with E-state index in [9.17, 15) is 14.4 Å². The highest BCUT2D eigenvalue weighted by atomic mass is 32.2. The van der Waals surface area contributed by atoms with Crippen LogP contribution in [0.5, 0.6) is 0 Å². The molecular formula is C21H22N2O4S. The van der Waals surface area contributed by atoms with Gasteiger partial charge in [-0.15, -0.1) is 0 Å². The van der Waals surface area contributed by atoms with Crippen molar-refractivity contribution in [2.24, 2.45) is 0 Å².